The first-order valence-electron chi connectivity index (χ1n) is 8.51. The Labute approximate surface area is 197 Å². The fourth-order valence-electron chi connectivity index (χ4n) is 1.97. The van der Waals surface area contributed by atoms with Crippen LogP contribution in [0.2, 0.25) is 0 Å². The van der Waals surface area contributed by atoms with Crippen molar-refractivity contribution in [3.05, 3.63) is 117 Å². The molecule has 0 spiro atoms. The molecule has 0 bridgehead atoms. The zero-order valence-electron chi connectivity index (χ0n) is 15.9. The minimum absolute atomic E-state index is 0.317. The Morgan fingerprint density at radius 3 is 1.72 bits per heavy atom. The van der Waals surface area contributed by atoms with E-state index >= 15 is 0 Å². The first kappa shape index (κ1) is 25.1. The van der Waals surface area contributed by atoms with E-state index in [0.29, 0.717) is 11.1 Å². The fourth-order valence-corrected chi connectivity index (χ4v) is 3.49. The smallest absolute Gasteiger partial charge is 0.337 e. The number of carbonyl (C=O) groups is 1. The average molecular weight is 581 g/mol. The van der Waals surface area contributed by atoms with Crippen LogP contribution in [0.4, 0.5) is 0 Å². The molecule has 2 nitrogen and oxygen atoms in total. The molecule has 0 aliphatic carbocycles. The summed E-state index contributed by atoms with van der Waals surface area (Å²) in [6, 6.07) is 25.7. The quantitative estimate of drug-likeness (QED) is 0.177. The second-order valence-corrected chi connectivity index (χ2v) is 7.90. The number of ether oxygens (including phenoxy) is 1. The summed E-state index contributed by atoms with van der Waals surface area (Å²) in [7, 11) is 1.33. The molecule has 0 unspecified atom stereocenters. The van der Waals surface area contributed by atoms with Crippen LogP contribution in [0, 0.1) is 0 Å². The van der Waals surface area contributed by atoms with Crippen molar-refractivity contribution in [1.29, 1.82) is 0 Å². The number of hydrogen-bond donors (Lipinski definition) is 0. The number of carbonyl (C=O) groups excluding carboxylic acids is 1. The van der Waals surface area contributed by atoms with E-state index in [4.69, 9.17) is 0 Å². The number of methoxy groups -OCH3 is 1. The maximum atomic E-state index is 11.3. The van der Waals surface area contributed by atoms with Crippen LogP contribution in [0.25, 0.3) is 11.6 Å². The van der Waals surface area contributed by atoms with Crippen molar-refractivity contribution >= 4 is 65.4 Å². The summed E-state index contributed by atoms with van der Waals surface area (Å²) in [5.41, 5.74) is 2.20. The Bertz CT molecular complexity index is 897. The van der Waals surface area contributed by atoms with E-state index in [1.807, 2.05) is 78.9 Å². The van der Waals surface area contributed by atoms with Crippen molar-refractivity contribution in [2.75, 3.05) is 7.11 Å². The maximum Gasteiger partial charge on any atom is 0.337 e. The Morgan fingerprint density at radius 1 is 0.828 bits per heavy atom. The van der Waals surface area contributed by atoms with Crippen molar-refractivity contribution in [3.63, 3.8) is 0 Å². The summed E-state index contributed by atoms with van der Waals surface area (Å²) in [5.74, 6) is -0.440. The summed E-state index contributed by atoms with van der Waals surface area (Å²) in [6.45, 7) is 7.32. The molecule has 0 fully saturated rings. The molecule has 0 amide bonds. The molecule has 0 saturated carbocycles. The molecule has 3 aromatic carbocycles. The van der Waals surface area contributed by atoms with Gasteiger partial charge >= 0.3 is 5.97 Å². The van der Waals surface area contributed by atoms with Crippen LogP contribution >= 0.6 is 47.8 Å². The Hall–Kier alpha value is -1.95. The average Bonchev–Trinajstić information content (AvgIpc) is 2.79. The van der Waals surface area contributed by atoms with Crippen LogP contribution < -0.4 is 0 Å². The zero-order valence-corrected chi connectivity index (χ0v) is 20.7. The zero-order chi connectivity index (χ0) is 21.6. The second kappa shape index (κ2) is 14.1. The summed E-state index contributed by atoms with van der Waals surface area (Å²) in [4.78, 5) is 11.3. The minimum atomic E-state index is -0.440. The van der Waals surface area contributed by atoms with Crippen LogP contribution in [0.15, 0.2) is 105 Å². The highest BCUT2D eigenvalue weighted by Gasteiger charge is 2.15. The summed E-state index contributed by atoms with van der Waals surface area (Å²) < 4.78 is 7.11. The van der Waals surface area contributed by atoms with E-state index in [-0.39, 0.29) is 0 Å². The molecule has 0 saturated heterocycles. The van der Waals surface area contributed by atoms with E-state index in [2.05, 4.69) is 65.7 Å². The highest BCUT2D eigenvalue weighted by molar-refractivity contribution is 9.14. The highest BCUT2D eigenvalue weighted by Crippen LogP contribution is 2.36. The van der Waals surface area contributed by atoms with Gasteiger partial charge in [0, 0.05) is 19.0 Å². The van der Waals surface area contributed by atoms with Gasteiger partial charge in [-0.1, -0.05) is 92.0 Å². The van der Waals surface area contributed by atoms with Crippen molar-refractivity contribution in [1.82, 2.24) is 0 Å². The monoisotopic (exact) mass is 578 g/mol. The van der Waals surface area contributed by atoms with E-state index < -0.39 is 5.97 Å². The molecule has 0 atom stereocenters. The van der Waals surface area contributed by atoms with Crippen LogP contribution in [-0.4, -0.2) is 13.1 Å². The van der Waals surface area contributed by atoms with E-state index in [1.165, 1.54) is 12.7 Å². The van der Waals surface area contributed by atoms with Crippen molar-refractivity contribution in [3.8, 4) is 0 Å². The van der Waals surface area contributed by atoms with Gasteiger partial charge in [0.05, 0.1) is 12.7 Å². The lowest BCUT2D eigenvalue weighted by Gasteiger charge is -2.08. The number of benzene rings is 3. The molecule has 0 N–H and O–H groups in total. The number of rotatable bonds is 3. The van der Waals surface area contributed by atoms with E-state index in [0.717, 1.165) is 13.4 Å². The predicted molar refractivity (Wildman–Crippen MR) is 134 cm³/mol. The molecule has 0 aliphatic heterocycles. The normalized spacial score (nSPS) is 9.10. The van der Waals surface area contributed by atoms with Crippen LogP contribution in [0.5, 0.6) is 0 Å². The highest BCUT2D eigenvalue weighted by atomic mass is 79.9. The van der Waals surface area contributed by atoms with Crippen LogP contribution in [-0.2, 0) is 9.53 Å². The number of halogens is 3. The van der Waals surface area contributed by atoms with Crippen molar-refractivity contribution < 1.29 is 9.53 Å². The molecule has 5 heteroatoms. The standard InChI is InChI=1S/C10H7Br3O2.C8H8.C6H6/c1-5(10(14)15-2)6-3-4-7(11)9(13)8(6)12;1-2-8-6-4-3-5-7-8;1-2-4-6-5-3-1/h3-4H,1H2,2H3;2-7H,1H2;1-6H. The molecule has 3 rings (SSSR count). The Kier molecular flexibility index (Phi) is 12.2. The molecule has 150 valence electrons. The molecule has 3 aromatic rings. The lowest BCUT2D eigenvalue weighted by molar-refractivity contribution is -0.133. The summed E-state index contributed by atoms with van der Waals surface area (Å²) >= 11 is 10.1. The Morgan fingerprint density at radius 2 is 1.31 bits per heavy atom. The van der Waals surface area contributed by atoms with Gasteiger partial charge in [-0.2, -0.15) is 0 Å². The first-order valence-corrected chi connectivity index (χ1v) is 10.9. The SMILES string of the molecule is C=C(C(=O)OC)c1ccc(Br)c(Br)c1Br.C=Cc1ccccc1.c1ccccc1. The largest absolute Gasteiger partial charge is 0.465 e. The summed E-state index contributed by atoms with van der Waals surface area (Å²) in [5, 5.41) is 0. The van der Waals surface area contributed by atoms with Crippen LogP contribution in [0.3, 0.4) is 0 Å². The first-order chi connectivity index (χ1) is 13.9. The van der Waals surface area contributed by atoms with Gasteiger partial charge in [-0.05, 0) is 59.4 Å². The lowest BCUT2D eigenvalue weighted by Crippen LogP contribution is -2.03. The fraction of sp³-hybridized carbons (Fsp3) is 0.0417. The number of esters is 1. The third-order valence-corrected chi connectivity index (χ3v) is 6.87. The number of hydrogen-bond acceptors (Lipinski definition) is 2. The third kappa shape index (κ3) is 8.94. The van der Waals surface area contributed by atoms with Gasteiger partial charge in [0.15, 0.2) is 0 Å². The predicted octanol–water partition coefficient (Wildman–Crippen LogP) is 8.18. The maximum absolute atomic E-state index is 11.3. The van der Waals surface area contributed by atoms with Gasteiger partial charge in [-0.3, -0.25) is 0 Å². The molecule has 0 aliphatic rings. The van der Waals surface area contributed by atoms with Gasteiger partial charge in [-0.25, -0.2) is 4.79 Å². The molecule has 0 heterocycles. The van der Waals surface area contributed by atoms with Crippen molar-refractivity contribution in [2.45, 2.75) is 0 Å². The van der Waals surface area contributed by atoms with Gasteiger partial charge in [0.2, 0.25) is 0 Å². The van der Waals surface area contributed by atoms with Gasteiger partial charge in [0.25, 0.3) is 0 Å². The van der Waals surface area contributed by atoms with Crippen LogP contribution in [0.1, 0.15) is 11.1 Å². The molecular weight excluding hydrogens is 560 g/mol. The van der Waals surface area contributed by atoms with Gasteiger partial charge < -0.3 is 4.74 Å². The van der Waals surface area contributed by atoms with E-state index in [9.17, 15) is 4.79 Å². The lowest BCUT2D eigenvalue weighted by atomic mass is 10.1. The second-order valence-electron chi connectivity index (χ2n) is 5.46. The van der Waals surface area contributed by atoms with Gasteiger partial charge in [-0.15, -0.1) is 0 Å². The minimum Gasteiger partial charge on any atom is -0.465 e. The topological polar surface area (TPSA) is 26.3 Å². The molecule has 0 aromatic heterocycles. The molecule has 0 radical (unpaired) electrons. The summed E-state index contributed by atoms with van der Waals surface area (Å²) in [6.07, 6.45) is 1.83. The molecular formula is C24H21Br3O2. The van der Waals surface area contributed by atoms with Gasteiger partial charge in [0.1, 0.15) is 0 Å². The third-order valence-electron chi connectivity index (χ3n) is 3.49. The Balaban J connectivity index is 0.000000248. The molecule has 29 heavy (non-hydrogen) atoms. The van der Waals surface area contributed by atoms with E-state index in [1.54, 1.807) is 6.07 Å². The van der Waals surface area contributed by atoms with Crippen molar-refractivity contribution in [2.24, 2.45) is 0 Å².